The Morgan fingerprint density at radius 3 is 2.57 bits per heavy atom. The molecule has 21 heavy (non-hydrogen) atoms. The number of carboxylic acids is 1. The maximum Gasteiger partial charge on any atom is 0.326 e. The van der Waals surface area contributed by atoms with Crippen LogP contribution in [0.15, 0.2) is 24.3 Å². The molecule has 0 saturated carbocycles. The third kappa shape index (κ3) is 3.50. The van der Waals surface area contributed by atoms with Crippen molar-refractivity contribution in [2.75, 3.05) is 6.54 Å². The van der Waals surface area contributed by atoms with E-state index in [4.69, 9.17) is 5.73 Å². The molecular formula is C14H17N3O4. The number of nitrogens with two attached hydrogens (primary N) is 1. The molecule has 0 radical (unpaired) electrons. The van der Waals surface area contributed by atoms with Crippen molar-refractivity contribution in [2.24, 2.45) is 5.73 Å². The first-order valence-electron chi connectivity index (χ1n) is 6.61. The number of carbonyl (C=O) groups is 3. The van der Waals surface area contributed by atoms with E-state index in [1.807, 2.05) is 24.3 Å². The van der Waals surface area contributed by atoms with Gasteiger partial charge in [-0.05, 0) is 11.1 Å². The number of aliphatic carboxylic acids is 1. The van der Waals surface area contributed by atoms with Crippen LogP contribution in [0.1, 0.15) is 17.5 Å². The summed E-state index contributed by atoms with van der Waals surface area (Å²) in [6.07, 6.45) is 0.294. The number of hydrogen-bond acceptors (Lipinski definition) is 3. The molecule has 1 heterocycles. The minimum Gasteiger partial charge on any atom is -0.480 e. The van der Waals surface area contributed by atoms with Crippen LogP contribution in [0.4, 0.5) is 4.79 Å². The predicted molar refractivity (Wildman–Crippen MR) is 74.3 cm³/mol. The van der Waals surface area contributed by atoms with Gasteiger partial charge in [0, 0.05) is 25.9 Å². The molecule has 1 aromatic rings. The minimum atomic E-state index is -1.05. The molecule has 0 bridgehead atoms. The molecule has 0 spiro atoms. The van der Waals surface area contributed by atoms with Gasteiger partial charge in [0.05, 0.1) is 0 Å². The van der Waals surface area contributed by atoms with E-state index in [-0.39, 0.29) is 25.9 Å². The Labute approximate surface area is 121 Å². The van der Waals surface area contributed by atoms with Crippen molar-refractivity contribution >= 4 is 17.9 Å². The number of benzene rings is 1. The highest BCUT2D eigenvalue weighted by atomic mass is 16.4. The summed E-state index contributed by atoms with van der Waals surface area (Å²) in [5.74, 6) is -1.57. The second-order valence-electron chi connectivity index (χ2n) is 4.90. The number of primary amides is 1. The van der Waals surface area contributed by atoms with E-state index >= 15 is 0 Å². The molecule has 1 atom stereocenters. The molecule has 7 heteroatoms. The number of amides is 3. The van der Waals surface area contributed by atoms with Gasteiger partial charge in [0.1, 0.15) is 6.04 Å². The first-order chi connectivity index (χ1) is 9.99. The summed E-state index contributed by atoms with van der Waals surface area (Å²) in [6.45, 7) is 0.328. The molecule has 0 aliphatic carbocycles. The highest BCUT2D eigenvalue weighted by molar-refractivity contribution is 5.84. The molecule has 0 fully saturated rings. The second-order valence-corrected chi connectivity index (χ2v) is 4.90. The van der Waals surface area contributed by atoms with E-state index in [2.05, 4.69) is 5.32 Å². The lowest BCUT2D eigenvalue weighted by molar-refractivity contribution is -0.142. The highest BCUT2D eigenvalue weighted by Crippen LogP contribution is 2.23. The van der Waals surface area contributed by atoms with Crippen LogP contribution in [0.25, 0.3) is 0 Å². The van der Waals surface area contributed by atoms with Crippen molar-refractivity contribution in [1.29, 1.82) is 0 Å². The van der Waals surface area contributed by atoms with Crippen molar-refractivity contribution in [3.8, 4) is 0 Å². The number of nitrogens with one attached hydrogen (secondary N) is 1. The van der Waals surface area contributed by atoms with Crippen LogP contribution in [0.3, 0.4) is 0 Å². The number of urea groups is 1. The summed E-state index contributed by atoms with van der Waals surface area (Å²) in [6, 6.07) is 6.03. The number of nitrogens with zero attached hydrogens (tertiary/aromatic N) is 1. The average molecular weight is 291 g/mol. The summed E-state index contributed by atoms with van der Waals surface area (Å²) in [5.41, 5.74) is 6.86. The van der Waals surface area contributed by atoms with Gasteiger partial charge in [0.15, 0.2) is 0 Å². The Balaban J connectivity index is 2.11. The molecule has 112 valence electrons. The number of hydrogen-bond donors (Lipinski definition) is 3. The molecule has 7 nitrogen and oxygen atoms in total. The Hall–Kier alpha value is -2.57. The van der Waals surface area contributed by atoms with E-state index in [1.165, 1.54) is 4.90 Å². The normalized spacial score (nSPS) is 17.0. The fourth-order valence-electron chi connectivity index (χ4n) is 2.35. The van der Waals surface area contributed by atoms with Gasteiger partial charge in [0.25, 0.3) is 0 Å². The van der Waals surface area contributed by atoms with Crippen molar-refractivity contribution < 1.29 is 19.5 Å². The van der Waals surface area contributed by atoms with Crippen LogP contribution >= 0.6 is 0 Å². The molecule has 0 saturated heterocycles. The largest absolute Gasteiger partial charge is 0.480 e. The molecule has 1 aliphatic heterocycles. The Kier molecular flexibility index (Phi) is 4.42. The topological polar surface area (TPSA) is 113 Å². The fourth-order valence-corrected chi connectivity index (χ4v) is 2.35. The van der Waals surface area contributed by atoms with Crippen LogP contribution in [0.5, 0.6) is 0 Å². The zero-order valence-corrected chi connectivity index (χ0v) is 11.4. The monoisotopic (exact) mass is 291 g/mol. The molecule has 1 aliphatic rings. The lowest BCUT2D eigenvalue weighted by atomic mass is 9.94. The molecule has 2 rings (SSSR count). The van der Waals surface area contributed by atoms with Gasteiger partial charge in [-0.25, -0.2) is 9.59 Å². The molecule has 3 amide bonds. The third-order valence-corrected chi connectivity index (χ3v) is 3.44. The summed E-state index contributed by atoms with van der Waals surface area (Å²) in [4.78, 5) is 35.4. The minimum absolute atomic E-state index is 0.0217. The van der Waals surface area contributed by atoms with Gasteiger partial charge in [-0.1, -0.05) is 24.3 Å². The Morgan fingerprint density at radius 2 is 1.95 bits per heavy atom. The zero-order chi connectivity index (χ0) is 15.4. The number of carbonyl (C=O) groups excluding carboxylic acids is 2. The van der Waals surface area contributed by atoms with Gasteiger partial charge in [-0.15, -0.1) is 0 Å². The van der Waals surface area contributed by atoms with Gasteiger partial charge in [-0.3, -0.25) is 4.79 Å². The average Bonchev–Trinajstić information content (AvgIpc) is 2.45. The third-order valence-electron chi connectivity index (χ3n) is 3.44. The van der Waals surface area contributed by atoms with Crippen LogP contribution in [0, 0.1) is 0 Å². The quantitative estimate of drug-likeness (QED) is 0.729. The first-order valence-corrected chi connectivity index (χ1v) is 6.61. The second kappa shape index (κ2) is 6.25. The number of carboxylic acid groups (broad SMARTS) is 1. The van der Waals surface area contributed by atoms with Crippen LogP contribution in [-0.4, -0.2) is 40.5 Å². The van der Waals surface area contributed by atoms with Crippen molar-refractivity contribution in [3.05, 3.63) is 35.4 Å². The van der Waals surface area contributed by atoms with Crippen molar-refractivity contribution in [2.45, 2.75) is 25.4 Å². The summed E-state index contributed by atoms with van der Waals surface area (Å²) >= 11 is 0. The van der Waals surface area contributed by atoms with Crippen LogP contribution in [-0.2, 0) is 22.6 Å². The Morgan fingerprint density at radius 1 is 1.29 bits per heavy atom. The van der Waals surface area contributed by atoms with Gasteiger partial charge in [-0.2, -0.15) is 0 Å². The van der Waals surface area contributed by atoms with E-state index in [9.17, 15) is 19.5 Å². The lowest BCUT2D eigenvalue weighted by Gasteiger charge is -2.34. The fraction of sp³-hybridized carbons (Fsp3) is 0.357. The Bertz CT molecular complexity index is 573. The SMILES string of the molecule is NC(=O)CCNC(=O)N1Cc2ccccc2C[C@H]1C(=O)O. The number of fused-ring (bicyclic) bond motifs is 1. The molecule has 0 aromatic heterocycles. The smallest absolute Gasteiger partial charge is 0.326 e. The van der Waals surface area contributed by atoms with Crippen molar-refractivity contribution in [1.82, 2.24) is 10.2 Å². The van der Waals surface area contributed by atoms with Gasteiger partial charge >= 0.3 is 12.0 Å². The molecule has 1 aromatic carbocycles. The van der Waals surface area contributed by atoms with Crippen molar-refractivity contribution in [3.63, 3.8) is 0 Å². The van der Waals surface area contributed by atoms with E-state index < -0.39 is 23.9 Å². The van der Waals surface area contributed by atoms with Gasteiger partial charge < -0.3 is 21.1 Å². The predicted octanol–water partition coefficient (Wildman–Crippen LogP) is 0.0829. The summed E-state index contributed by atoms with van der Waals surface area (Å²) in [5, 5.41) is 11.8. The van der Waals surface area contributed by atoms with E-state index in [0.29, 0.717) is 0 Å². The van der Waals surface area contributed by atoms with E-state index in [0.717, 1.165) is 11.1 Å². The van der Waals surface area contributed by atoms with Crippen LogP contribution in [0.2, 0.25) is 0 Å². The first kappa shape index (κ1) is 14.8. The molecular weight excluding hydrogens is 274 g/mol. The van der Waals surface area contributed by atoms with Gasteiger partial charge in [0.2, 0.25) is 5.91 Å². The highest BCUT2D eigenvalue weighted by Gasteiger charge is 2.34. The van der Waals surface area contributed by atoms with Crippen LogP contribution < -0.4 is 11.1 Å². The van der Waals surface area contributed by atoms with E-state index in [1.54, 1.807) is 0 Å². The standard InChI is InChI=1S/C14H17N3O4/c15-12(18)5-6-16-14(21)17-8-10-4-2-1-3-9(10)7-11(17)13(19)20/h1-4,11H,5-8H2,(H2,15,18)(H,16,21)(H,19,20)/t11-/m0/s1. The number of rotatable bonds is 4. The summed E-state index contributed by atoms with van der Waals surface area (Å²) in [7, 11) is 0. The lowest BCUT2D eigenvalue weighted by Crippen LogP contribution is -2.52. The zero-order valence-electron chi connectivity index (χ0n) is 11.4. The maximum atomic E-state index is 12.1. The maximum absolute atomic E-state index is 12.1. The molecule has 4 N–H and O–H groups in total. The summed E-state index contributed by atoms with van der Waals surface area (Å²) < 4.78 is 0. The molecule has 0 unspecified atom stereocenters.